The standard InChI is InChI=1S/C16H22N2O3.ClH/c1-11(14-9-17-10-14)15(19)18-8-7-12-3-5-13(6-4-12)16(20)21-2;/h3-6,11,14,17H,7-10H2,1-2H3,(H,18,19);1H. The molecule has 0 spiro atoms. The molecular weight excluding hydrogens is 304 g/mol. The third-order valence-electron chi connectivity index (χ3n) is 4.02. The van der Waals surface area contributed by atoms with Crippen LogP contribution in [0.2, 0.25) is 0 Å². The molecular formula is C16H23ClN2O3. The summed E-state index contributed by atoms with van der Waals surface area (Å²) < 4.78 is 4.65. The van der Waals surface area contributed by atoms with Gasteiger partial charge in [0, 0.05) is 12.5 Å². The summed E-state index contributed by atoms with van der Waals surface area (Å²) in [6.45, 7) is 4.46. The molecule has 0 saturated carbocycles. The minimum absolute atomic E-state index is 0. The van der Waals surface area contributed by atoms with Crippen molar-refractivity contribution in [2.24, 2.45) is 11.8 Å². The van der Waals surface area contributed by atoms with E-state index in [1.165, 1.54) is 7.11 Å². The van der Waals surface area contributed by atoms with E-state index in [1.54, 1.807) is 12.1 Å². The van der Waals surface area contributed by atoms with Gasteiger partial charge in [-0.15, -0.1) is 12.4 Å². The first-order valence-electron chi connectivity index (χ1n) is 7.27. The monoisotopic (exact) mass is 326 g/mol. The van der Waals surface area contributed by atoms with Crippen LogP contribution in [0.4, 0.5) is 0 Å². The highest BCUT2D eigenvalue weighted by molar-refractivity contribution is 5.89. The second kappa shape index (κ2) is 8.76. The van der Waals surface area contributed by atoms with Crippen LogP contribution in [0.25, 0.3) is 0 Å². The summed E-state index contributed by atoms with van der Waals surface area (Å²) in [6.07, 6.45) is 0.753. The fourth-order valence-corrected chi connectivity index (χ4v) is 2.30. The van der Waals surface area contributed by atoms with Crippen LogP contribution in [0.15, 0.2) is 24.3 Å². The summed E-state index contributed by atoms with van der Waals surface area (Å²) in [6, 6.07) is 7.26. The van der Waals surface area contributed by atoms with E-state index in [4.69, 9.17) is 0 Å². The molecule has 0 aliphatic carbocycles. The van der Waals surface area contributed by atoms with Crippen molar-refractivity contribution in [2.75, 3.05) is 26.7 Å². The van der Waals surface area contributed by atoms with E-state index in [-0.39, 0.29) is 30.2 Å². The van der Waals surface area contributed by atoms with E-state index in [0.29, 0.717) is 18.0 Å². The highest BCUT2D eigenvalue weighted by Crippen LogP contribution is 2.15. The number of esters is 1. The molecule has 122 valence electrons. The Bertz CT molecular complexity index is 501. The lowest BCUT2D eigenvalue weighted by molar-refractivity contribution is -0.126. The molecule has 1 aromatic carbocycles. The first kappa shape index (κ1) is 18.5. The highest BCUT2D eigenvalue weighted by Gasteiger charge is 2.28. The second-order valence-electron chi connectivity index (χ2n) is 5.44. The van der Waals surface area contributed by atoms with E-state index in [1.807, 2.05) is 19.1 Å². The lowest BCUT2D eigenvalue weighted by atomic mass is 9.88. The van der Waals surface area contributed by atoms with E-state index in [0.717, 1.165) is 25.1 Å². The van der Waals surface area contributed by atoms with E-state index in [2.05, 4.69) is 15.4 Å². The van der Waals surface area contributed by atoms with Crippen LogP contribution in [0.3, 0.4) is 0 Å². The van der Waals surface area contributed by atoms with Crippen LogP contribution in [-0.4, -0.2) is 38.6 Å². The average Bonchev–Trinajstić information content (AvgIpc) is 2.45. The minimum atomic E-state index is -0.335. The fraction of sp³-hybridized carbons (Fsp3) is 0.500. The van der Waals surface area contributed by atoms with Crippen LogP contribution in [0.5, 0.6) is 0 Å². The molecule has 1 saturated heterocycles. The van der Waals surface area contributed by atoms with Gasteiger partial charge < -0.3 is 15.4 Å². The van der Waals surface area contributed by atoms with Crippen LogP contribution in [0.1, 0.15) is 22.8 Å². The molecule has 1 aliphatic rings. The third kappa shape index (κ3) is 4.71. The smallest absolute Gasteiger partial charge is 0.337 e. The van der Waals surface area contributed by atoms with E-state index >= 15 is 0 Å². The summed E-state index contributed by atoms with van der Waals surface area (Å²) in [5, 5.41) is 6.15. The summed E-state index contributed by atoms with van der Waals surface area (Å²) in [7, 11) is 1.37. The number of methoxy groups -OCH3 is 1. The number of benzene rings is 1. The minimum Gasteiger partial charge on any atom is -0.465 e. The van der Waals surface area contributed by atoms with Crippen molar-refractivity contribution in [2.45, 2.75) is 13.3 Å². The van der Waals surface area contributed by atoms with Crippen molar-refractivity contribution in [3.8, 4) is 0 Å². The Hall–Kier alpha value is -1.59. The molecule has 2 rings (SSSR count). The average molecular weight is 327 g/mol. The molecule has 22 heavy (non-hydrogen) atoms. The van der Waals surface area contributed by atoms with Crippen LogP contribution in [0, 0.1) is 11.8 Å². The first-order chi connectivity index (χ1) is 10.1. The number of carbonyl (C=O) groups excluding carboxylic acids is 2. The van der Waals surface area contributed by atoms with Gasteiger partial charge in [-0.25, -0.2) is 4.79 Å². The maximum absolute atomic E-state index is 11.9. The maximum Gasteiger partial charge on any atom is 0.337 e. The highest BCUT2D eigenvalue weighted by atomic mass is 35.5. The number of ether oxygens (including phenoxy) is 1. The van der Waals surface area contributed by atoms with Gasteiger partial charge in [0.05, 0.1) is 12.7 Å². The Balaban J connectivity index is 0.00000242. The molecule has 1 atom stereocenters. The number of carbonyl (C=O) groups is 2. The normalized spacial score (nSPS) is 15.2. The Morgan fingerprint density at radius 3 is 2.45 bits per heavy atom. The molecule has 0 radical (unpaired) electrons. The number of amides is 1. The van der Waals surface area contributed by atoms with Crippen molar-refractivity contribution in [3.63, 3.8) is 0 Å². The summed E-state index contributed by atoms with van der Waals surface area (Å²) in [4.78, 5) is 23.3. The number of hydrogen-bond donors (Lipinski definition) is 2. The SMILES string of the molecule is COC(=O)c1ccc(CCNC(=O)C(C)C2CNC2)cc1.Cl. The Morgan fingerprint density at radius 2 is 1.95 bits per heavy atom. The second-order valence-corrected chi connectivity index (χ2v) is 5.44. The molecule has 0 aromatic heterocycles. The van der Waals surface area contributed by atoms with Gasteiger partial charge in [0.2, 0.25) is 5.91 Å². The largest absolute Gasteiger partial charge is 0.465 e. The predicted molar refractivity (Wildman–Crippen MR) is 87.3 cm³/mol. The zero-order valence-electron chi connectivity index (χ0n) is 12.9. The first-order valence-corrected chi connectivity index (χ1v) is 7.27. The molecule has 1 fully saturated rings. The number of hydrogen-bond acceptors (Lipinski definition) is 4. The predicted octanol–water partition coefficient (Wildman–Crippen LogP) is 1.41. The van der Waals surface area contributed by atoms with Crippen molar-refractivity contribution in [1.82, 2.24) is 10.6 Å². The molecule has 6 heteroatoms. The topological polar surface area (TPSA) is 67.4 Å². The van der Waals surface area contributed by atoms with Crippen LogP contribution in [-0.2, 0) is 16.0 Å². The molecule has 5 nitrogen and oxygen atoms in total. The van der Waals surface area contributed by atoms with Gasteiger partial charge in [-0.3, -0.25) is 4.79 Å². The van der Waals surface area contributed by atoms with E-state index < -0.39 is 0 Å². The number of rotatable bonds is 6. The molecule has 1 amide bonds. The van der Waals surface area contributed by atoms with Crippen LogP contribution >= 0.6 is 12.4 Å². The van der Waals surface area contributed by atoms with Gasteiger partial charge >= 0.3 is 5.97 Å². The zero-order chi connectivity index (χ0) is 15.2. The molecule has 0 bridgehead atoms. The number of halogens is 1. The van der Waals surface area contributed by atoms with Gasteiger partial charge in [-0.05, 0) is 43.1 Å². The van der Waals surface area contributed by atoms with Crippen molar-refractivity contribution in [3.05, 3.63) is 35.4 Å². The van der Waals surface area contributed by atoms with Crippen molar-refractivity contribution >= 4 is 24.3 Å². The lowest BCUT2D eigenvalue weighted by Gasteiger charge is -2.31. The van der Waals surface area contributed by atoms with Gasteiger partial charge in [0.15, 0.2) is 0 Å². The molecule has 1 aromatic rings. The Labute approximate surface area is 137 Å². The third-order valence-corrected chi connectivity index (χ3v) is 4.02. The lowest BCUT2D eigenvalue weighted by Crippen LogP contribution is -2.49. The summed E-state index contributed by atoms with van der Waals surface area (Å²) in [5.41, 5.74) is 1.62. The zero-order valence-corrected chi connectivity index (χ0v) is 13.7. The maximum atomic E-state index is 11.9. The van der Waals surface area contributed by atoms with Gasteiger partial charge in [0.25, 0.3) is 0 Å². The van der Waals surface area contributed by atoms with Crippen LogP contribution < -0.4 is 10.6 Å². The molecule has 1 heterocycles. The summed E-state index contributed by atoms with van der Waals surface area (Å²) in [5.74, 6) is 0.308. The van der Waals surface area contributed by atoms with Gasteiger partial charge in [-0.2, -0.15) is 0 Å². The molecule has 1 unspecified atom stereocenters. The van der Waals surface area contributed by atoms with Gasteiger partial charge in [0.1, 0.15) is 0 Å². The Morgan fingerprint density at radius 1 is 1.32 bits per heavy atom. The fourth-order valence-electron chi connectivity index (χ4n) is 2.30. The van der Waals surface area contributed by atoms with Crippen molar-refractivity contribution < 1.29 is 14.3 Å². The van der Waals surface area contributed by atoms with Gasteiger partial charge in [-0.1, -0.05) is 19.1 Å². The number of nitrogens with one attached hydrogen (secondary N) is 2. The van der Waals surface area contributed by atoms with Crippen molar-refractivity contribution in [1.29, 1.82) is 0 Å². The Kier molecular flexibility index (Phi) is 7.35. The quantitative estimate of drug-likeness (QED) is 0.776. The molecule has 2 N–H and O–H groups in total. The molecule has 1 aliphatic heterocycles. The summed E-state index contributed by atoms with van der Waals surface area (Å²) >= 11 is 0. The van der Waals surface area contributed by atoms with E-state index in [9.17, 15) is 9.59 Å².